The molecule has 0 bridgehead atoms. The number of nitrogens with two attached hydrogens (primary N) is 1. The Morgan fingerprint density at radius 3 is 2.91 bits per heavy atom. The minimum absolute atomic E-state index is 0.121. The van der Waals surface area contributed by atoms with E-state index in [2.05, 4.69) is 4.98 Å². The molecule has 1 aromatic carbocycles. The number of pyridine rings is 1. The number of amides is 1. The summed E-state index contributed by atoms with van der Waals surface area (Å²) in [6.45, 7) is 0.530. The number of carbonyl (C=O) groups excluding carboxylic acids is 1. The van der Waals surface area contributed by atoms with Gasteiger partial charge in [0.25, 0.3) is 5.91 Å². The highest BCUT2D eigenvalue weighted by Crippen LogP contribution is 2.20. The number of aromatic nitrogens is 1. The molecule has 1 aliphatic heterocycles. The van der Waals surface area contributed by atoms with Gasteiger partial charge in [0.05, 0.1) is 17.2 Å². The zero-order chi connectivity index (χ0) is 15.9. The van der Waals surface area contributed by atoms with Crippen molar-refractivity contribution >= 4 is 16.8 Å². The molecule has 2 aromatic rings. The number of benzene rings is 1. The Kier molecular flexibility index (Phi) is 3.67. The van der Waals surface area contributed by atoms with Crippen molar-refractivity contribution in [1.29, 1.82) is 0 Å². The number of hydrogen-bond donors (Lipinski definition) is 3. The first-order valence-electron chi connectivity index (χ1n) is 7.01. The van der Waals surface area contributed by atoms with Crippen molar-refractivity contribution in [1.82, 2.24) is 9.88 Å². The van der Waals surface area contributed by atoms with Crippen molar-refractivity contribution in [3.63, 3.8) is 0 Å². The van der Waals surface area contributed by atoms with Gasteiger partial charge in [-0.2, -0.15) is 0 Å². The highest BCUT2D eigenvalue weighted by molar-refractivity contribution is 6.06. The molecule has 4 N–H and O–H groups in total. The van der Waals surface area contributed by atoms with Crippen LogP contribution < -0.4 is 11.3 Å². The minimum atomic E-state index is -0.789. The first-order chi connectivity index (χ1) is 10.5. The number of piperidine rings is 1. The SMILES string of the molecule is N[C@@H]1CCN(C(=O)c2cc(=O)[nH]c3cc(F)ccc23)C[C@H]1O. The summed E-state index contributed by atoms with van der Waals surface area (Å²) in [4.78, 5) is 28.3. The number of β-amino-alcohol motifs (C(OH)–C–C–N with tert-alkyl or cyclic N) is 1. The molecule has 3 rings (SSSR count). The van der Waals surface area contributed by atoms with Crippen molar-refractivity contribution in [3.05, 3.63) is 46.0 Å². The van der Waals surface area contributed by atoms with Crippen LogP contribution in [0.2, 0.25) is 0 Å². The van der Waals surface area contributed by atoms with Crippen LogP contribution in [0.3, 0.4) is 0 Å². The maximum absolute atomic E-state index is 13.3. The second-order valence-corrected chi connectivity index (χ2v) is 5.51. The number of nitrogens with one attached hydrogen (secondary N) is 1. The molecule has 0 radical (unpaired) electrons. The van der Waals surface area contributed by atoms with Crippen molar-refractivity contribution in [2.75, 3.05) is 13.1 Å². The molecule has 0 saturated carbocycles. The molecule has 1 aromatic heterocycles. The van der Waals surface area contributed by atoms with Gasteiger partial charge in [0.1, 0.15) is 5.82 Å². The van der Waals surface area contributed by atoms with Gasteiger partial charge in [-0.05, 0) is 24.6 Å². The maximum atomic E-state index is 13.3. The van der Waals surface area contributed by atoms with E-state index < -0.39 is 17.5 Å². The number of aliphatic hydroxyl groups excluding tert-OH is 1. The lowest BCUT2D eigenvalue weighted by atomic mass is 10.0. The number of nitrogens with zero attached hydrogens (tertiary/aromatic N) is 1. The predicted octanol–water partition coefficient (Wildman–Crippen LogP) is 0.201. The van der Waals surface area contributed by atoms with Crippen LogP contribution in [0.1, 0.15) is 16.8 Å². The molecule has 22 heavy (non-hydrogen) atoms. The summed E-state index contributed by atoms with van der Waals surface area (Å²) >= 11 is 0. The Labute approximate surface area is 125 Å². The van der Waals surface area contributed by atoms with E-state index in [0.29, 0.717) is 18.4 Å². The summed E-state index contributed by atoms with van der Waals surface area (Å²) in [5, 5.41) is 10.3. The van der Waals surface area contributed by atoms with Gasteiger partial charge in [-0.25, -0.2) is 4.39 Å². The summed E-state index contributed by atoms with van der Waals surface area (Å²) in [6.07, 6.45) is -0.300. The molecule has 0 spiro atoms. The summed E-state index contributed by atoms with van der Waals surface area (Å²) in [5.41, 5.74) is 5.71. The fraction of sp³-hybridized carbons (Fsp3) is 0.333. The highest BCUT2D eigenvalue weighted by Gasteiger charge is 2.29. The fourth-order valence-corrected chi connectivity index (χ4v) is 2.71. The maximum Gasteiger partial charge on any atom is 0.254 e. The molecule has 7 heteroatoms. The van der Waals surface area contributed by atoms with Gasteiger partial charge < -0.3 is 20.7 Å². The molecule has 1 amide bonds. The van der Waals surface area contributed by atoms with E-state index >= 15 is 0 Å². The molecule has 2 atom stereocenters. The van der Waals surface area contributed by atoms with Crippen molar-refractivity contribution in [3.8, 4) is 0 Å². The van der Waals surface area contributed by atoms with Crippen LogP contribution in [-0.4, -0.2) is 46.1 Å². The number of aliphatic hydroxyl groups is 1. The zero-order valence-electron chi connectivity index (χ0n) is 11.8. The number of carbonyl (C=O) groups is 1. The Hall–Kier alpha value is -2.25. The van der Waals surface area contributed by atoms with E-state index in [1.165, 1.54) is 29.2 Å². The summed E-state index contributed by atoms with van der Waals surface area (Å²) in [5.74, 6) is -0.860. The summed E-state index contributed by atoms with van der Waals surface area (Å²) in [6, 6.07) is 4.71. The van der Waals surface area contributed by atoms with E-state index in [9.17, 15) is 19.1 Å². The molecule has 0 aliphatic carbocycles. The number of fused-ring (bicyclic) bond motifs is 1. The number of rotatable bonds is 1. The second kappa shape index (κ2) is 5.51. The number of likely N-dealkylation sites (tertiary alicyclic amines) is 1. The molecule has 1 saturated heterocycles. The van der Waals surface area contributed by atoms with Crippen LogP contribution in [0.25, 0.3) is 10.9 Å². The quantitative estimate of drug-likeness (QED) is 0.701. The Morgan fingerprint density at radius 1 is 1.41 bits per heavy atom. The lowest BCUT2D eigenvalue weighted by molar-refractivity contribution is 0.0396. The average molecular weight is 305 g/mol. The van der Waals surface area contributed by atoms with E-state index in [1.54, 1.807) is 0 Å². The molecular formula is C15H16FN3O3. The minimum Gasteiger partial charge on any atom is -0.390 e. The van der Waals surface area contributed by atoms with Gasteiger partial charge in [-0.1, -0.05) is 0 Å². The van der Waals surface area contributed by atoms with E-state index in [1.807, 2.05) is 0 Å². The first-order valence-corrected chi connectivity index (χ1v) is 7.01. The van der Waals surface area contributed by atoms with Crippen molar-refractivity contribution in [2.45, 2.75) is 18.6 Å². The van der Waals surface area contributed by atoms with Crippen LogP contribution in [0.15, 0.2) is 29.1 Å². The zero-order valence-corrected chi connectivity index (χ0v) is 11.8. The van der Waals surface area contributed by atoms with Crippen molar-refractivity contribution < 1.29 is 14.3 Å². The topological polar surface area (TPSA) is 99.4 Å². The van der Waals surface area contributed by atoms with Crippen LogP contribution in [0, 0.1) is 5.82 Å². The van der Waals surface area contributed by atoms with Crippen LogP contribution in [-0.2, 0) is 0 Å². The van der Waals surface area contributed by atoms with Gasteiger partial charge in [0.15, 0.2) is 0 Å². The molecular weight excluding hydrogens is 289 g/mol. The lowest BCUT2D eigenvalue weighted by Crippen LogP contribution is -2.52. The van der Waals surface area contributed by atoms with Gasteiger partial charge in [0, 0.05) is 30.6 Å². The molecule has 1 fully saturated rings. The average Bonchev–Trinajstić information content (AvgIpc) is 2.48. The first kappa shape index (κ1) is 14.7. The Balaban J connectivity index is 2.02. The number of hydrogen-bond acceptors (Lipinski definition) is 4. The van der Waals surface area contributed by atoms with E-state index in [4.69, 9.17) is 5.73 Å². The van der Waals surface area contributed by atoms with Crippen LogP contribution in [0.4, 0.5) is 4.39 Å². The summed E-state index contributed by atoms with van der Waals surface area (Å²) in [7, 11) is 0. The number of halogens is 1. The van der Waals surface area contributed by atoms with Gasteiger partial charge in [0.2, 0.25) is 5.56 Å². The molecule has 0 unspecified atom stereocenters. The third kappa shape index (κ3) is 2.60. The smallest absolute Gasteiger partial charge is 0.254 e. The Morgan fingerprint density at radius 2 is 2.18 bits per heavy atom. The predicted molar refractivity (Wildman–Crippen MR) is 79.0 cm³/mol. The Bertz CT molecular complexity index is 789. The number of aromatic amines is 1. The number of H-pyrrole nitrogens is 1. The third-order valence-electron chi connectivity index (χ3n) is 3.96. The van der Waals surface area contributed by atoms with E-state index in [0.717, 1.165) is 0 Å². The van der Waals surface area contributed by atoms with E-state index in [-0.39, 0.29) is 29.6 Å². The fourth-order valence-electron chi connectivity index (χ4n) is 2.71. The monoisotopic (exact) mass is 305 g/mol. The lowest BCUT2D eigenvalue weighted by Gasteiger charge is -2.34. The highest BCUT2D eigenvalue weighted by atomic mass is 19.1. The standard InChI is InChI=1S/C15H16FN3O3/c16-8-1-2-9-10(6-14(21)18-12(9)5-8)15(22)19-4-3-11(17)13(20)7-19/h1-2,5-6,11,13,20H,3-4,7,17H2,(H,18,21)/t11-,13-/m1/s1. The third-order valence-corrected chi connectivity index (χ3v) is 3.96. The van der Waals surface area contributed by atoms with Gasteiger partial charge >= 0.3 is 0 Å². The normalized spacial score (nSPS) is 22.0. The summed E-state index contributed by atoms with van der Waals surface area (Å²) < 4.78 is 13.3. The molecule has 116 valence electrons. The second-order valence-electron chi connectivity index (χ2n) is 5.51. The van der Waals surface area contributed by atoms with Gasteiger partial charge in [-0.15, -0.1) is 0 Å². The molecule has 1 aliphatic rings. The van der Waals surface area contributed by atoms with Gasteiger partial charge in [-0.3, -0.25) is 9.59 Å². The molecule has 6 nitrogen and oxygen atoms in total. The largest absolute Gasteiger partial charge is 0.390 e. The van der Waals surface area contributed by atoms with Crippen molar-refractivity contribution in [2.24, 2.45) is 5.73 Å². The molecule has 2 heterocycles. The van der Waals surface area contributed by atoms with Crippen LogP contribution in [0.5, 0.6) is 0 Å². The van der Waals surface area contributed by atoms with Crippen LogP contribution >= 0.6 is 0 Å².